The van der Waals surface area contributed by atoms with E-state index < -0.39 is 0 Å². The highest BCUT2D eigenvalue weighted by Crippen LogP contribution is 2.20. The van der Waals surface area contributed by atoms with E-state index in [2.05, 4.69) is 4.98 Å². The summed E-state index contributed by atoms with van der Waals surface area (Å²) >= 11 is 5.91. The molecule has 1 aromatic heterocycles. The molecule has 0 aliphatic carbocycles. The summed E-state index contributed by atoms with van der Waals surface area (Å²) in [4.78, 5) is 17.8. The zero-order chi connectivity index (χ0) is 13.8. The van der Waals surface area contributed by atoms with Gasteiger partial charge in [-0.2, -0.15) is 0 Å². The van der Waals surface area contributed by atoms with Gasteiger partial charge < -0.3 is 4.90 Å². The molecule has 2 aromatic rings. The van der Waals surface area contributed by atoms with Crippen LogP contribution in [0.25, 0.3) is 0 Å². The van der Waals surface area contributed by atoms with Gasteiger partial charge in [-0.3, -0.25) is 4.79 Å². The fraction of sp³-hybridized carbons (Fsp3) is 0.143. The summed E-state index contributed by atoms with van der Waals surface area (Å²) < 4.78 is 12.9. The van der Waals surface area contributed by atoms with Crippen LogP contribution < -0.4 is 4.90 Å². The Bertz CT molecular complexity index is 586. The van der Waals surface area contributed by atoms with Crippen LogP contribution in [0, 0.1) is 5.82 Å². The highest BCUT2D eigenvalue weighted by molar-refractivity contribution is 6.33. The van der Waals surface area contributed by atoms with Gasteiger partial charge in [0.2, 0.25) is 0 Å². The van der Waals surface area contributed by atoms with Crippen LogP contribution >= 0.6 is 11.6 Å². The standard InChI is InChI=1S/C14H12ClFN2O/c1-2-18(11-7-5-10(16)6-8-11)14(19)12-4-3-9-17-13(12)15/h3-9H,2H2,1H3. The summed E-state index contributed by atoms with van der Waals surface area (Å²) in [7, 11) is 0. The fourth-order valence-corrected chi connectivity index (χ4v) is 1.96. The summed E-state index contributed by atoms with van der Waals surface area (Å²) in [6.45, 7) is 2.29. The summed E-state index contributed by atoms with van der Waals surface area (Å²) in [5.41, 5.74) is 0.948. The minimum atomic E-state index is -0.341. The van der Waals surface area contributed by atoms with Gasteiger partial charge in [0.25, 0.3) is 5.91 Å². The number of aromatic nitrogens is 1. The zero-order valence-corrected chi connectivity index (χ0v) is 11.1. The van der Waals surface area contributed by atoms with Crippen LogP contribution in [0.3, 0.4) is 0 Å². The SMILES string of the molecule is CCN(C(=O)c1cccnc1Cl)c1ccc(F)cc1. The second-order valence-corrected chi connectivity index (χ2v) is 4.23. The smallest absolute Gasteiger partial charge is 0.261 e. The number of rotatable bonds is 3. The Morgan fingerprint density at radius 1 is 1.32 bits per heavy atom. The number of benzene rings is 1. The summed E-state index contributed by atoms with van der Waals surface area (Å²) in [6.07, 6.45) is 1.52. The maximum atomic E-state index is 12.9. The lowest BCUT2D eigenvalue weighted by molar-refractivity contribution is 0.0988. The van der Waals surface area contributed by atoms with E-state index in [4.69, 9.17) is 11.6 Å². The Kier molecular flexibility index (Phi) is 4.12. The van der Waals surface area contributed by atoms with Crippen molar-refractivity contribution in [3.63, 3.8) is 0 Å². The highest BCUT2D eigenvalue weighted by atomic mass is 35.5. The van der Waals surface area contributed by atoms with Crippen molar-refractivity contribution in [1.82, 2.24) is 4.98 Å². The zero-order valence-electron chi connectivity index (χ0n) is 10.3. The maximum absolute atomic E-state index is 12.9. The Hall–Kier alpha value is -1.94. The topological polar surface area (TPSA) is 33.2 Å². The molecule has 0 bridgehead atoms. The van der Waals surface area contributed by atoms with Gasteiger partial charge in [0, 0.05) is 18.4 Å². The van der Waals surface area contributed by atoms with E-state index in [-0.39, 0.29) is 16.9 Å². The van der Waals surface area contributed by atoms with Gasteiger partial charge in [-0.25, -0.2) is 9.37 Å². The first-order valence-corrected chi connectivity index (χ1v) is 6.19. The van der Waals surface area contributed by atoms with Crippen LogP contribution in [0.1, 0.15) is 17.3 Å². The van der Waals surface area contributed by atoms with Gasteiger partial charge in [0.15, 0.2) is 0 Å². The normalized spacial score (nSPS) is 10.3. The molecule has 98 valence electrons. The van der Waals surface area contributed by atoms with Crippen molar-refractivity contribution in [2.24, 2.45) is 0 Å². The third kappa shape index (κ3) is 2.90. The second kappa shape index (κ2) is 5.80. The van der Waals surface area contributed by atoms with Crippen molar-refractivity contribution in [2.75, 3.05) is 11.4 Å². The van der Waals surface area contributed by atoms with Crippen LogP contribution in [-0.4, -0.2) is 17.4 Å². The molecular formula is C14H12ClFN2O. The van der Waals surface area contributed by atoms with Crippen LogP contribution in [0.5, 0.6) is 0 Å². The third-order valence-corrected chi connectivity index (χ3v) is 2.99. The first-order chi connectivity index (χ1) is 9.13. The molecular weight excluding hydrogens is 267 g/mol. The van der Waals surface area contributed by atoms with Crippen LogP contribution in [-0.2, 0) is 0 Å². The molecule has 0 atom stereocenters. The van der Waals surface area contributed by atoms with Crippen LogP contribution in [0.4, 0.5) is 10.1 Å². The first kappa shape index (κ1) is 13.5. The van der Waals surface area contributed by atoms with E-state index in [0.717, 1.165) is 0 Å². The number of carbonyl (C=O) groups excluding carboxylic acids is 1. The third-order valence-electron chi connectivity index (χ3n) is 2.69. The van der Waals surface area contributed by atoms with Crippen molar-refractivity contribution in [3.05, 3.63) is 59.1 Å². The number of amides is 1. The number of hydrogen-bond acceptors (Lipinski definition) is 2. The Morgan fingerprint density at radius 3 is 2.58 bits per heavy atom. The molecule has 1 aromatic carbocycles. The van der Waals surface area contributed by atoms with Crippen molar-refractivity contribution >= 4 is 23.2 Å². The molecule has 2 rings (SSSR count). The van der Waals surface area contributed by atoms with Crippen molar-refractivity contribution in [2.45, 2.75) is 6.92 Å². The lowest BCUT2D eigenvalue weighted by Crippen LogP contribution is -2.30. The van der Waals surface area contributed by atoms with E-state index in [1.54, 1.807) is 24.3 Å². The molecule has 0 spiro atoms. The molecule has 5 heteroatoms. The molecule has 1 amide bonds. The highest BCUT2D eigenvalue weighted by Gasteiger charge is 2.18. The average Bonchev–Trinajstić information content (AvgIpc) is 2.42. The molecule has 0 aliphatic heterocycles. The van der Waals surface area contributed by atoms with Gasteiger partial charge in [0.05, 0.1) is 5.56 Å². The summed E-state index contributed by atoms with van der Waals surface area (Å²) in [5, 5.41) is 0.160. The summed E-state index contributed by atoms with van der Waals surface area (Å²) in [5.74, 6) is -0.598. The van der Waals surface area contributed by atoms with Crippen molar-refractivity contribution in [1.29, 1.82) is 0 Å². The number of hydrogen-bond donors (Lipinski definition) is 0. The Balaban J connectivity index is 2.35. The molecule has 0 aliphatic rings. The van der Waals surface area contributed by atoms with E-state index in [1.165, 1.54) is 23.2 Å². The molecule has 0 N–H and O–H groups in total. The van der Waals surface area contributed by atoms with Crippen molar-refractivity contribution < 1.29 is 9.18 Å². The number of nitrogens with zero attached hydrogens (tertiary/aromatic N) is 2. The predicted octanol–water partition coefficient (Wildman–Crippen LogP) is 3.54. The quantitative estimate of drug-likeness (QED) is 0.805. The summed E-state index contributed by atoms with van der Waals surface area (Å²) in [6, 6.07) is 9.01. The predicted molar refractivity (Wildman–Crippen MR) is 73.0 cm³/mol. The van der Waals surface area contributed by atoms with Gasteiger partial charge in [0.1, 0.15) is 11.0 Å². The molecule has 19 heavy (non-hydrogen) atoms. The molecule has 0 saturated heterocycles. The van der Waals surface area contributed by atoms with E-state index >= 15 is 0 Å². The van der Waals surface area contributed by atoms with Gasteiger partial charge >= 0.3 is 0 Å². The van der Waals surface area contributed by atoms with E-state index in [9.17, 15) is 9.18 Å². The minimum absolute atomic E-state index is 0.160. The van der Waals surface area contributed by atoms with Crippen molar-refractivity contribution in [3.8, 4) is 0 Å². The number of pyridine rings is 1. The number of carbonyl (C=O) groups is 1. The molecule has 0 saturated carbocycles. The molecule has 0 fully saturated rings. The first-order valence-electron chi connectivity index (χ1n) is 5.81. The van der Waals surface area contributed by atoms with E-state index in [1.807, 2.05) is 6.92 Å². The monoisotopic (exact) mass is 278 g/mol. The van der Waals surface area contributed by atoms with Crippen LogP contribution in [0.2, 0.25) is 5.15 Å². The maximum Gasteiger partial charge on any atom is 0.261 e. The van der Waals surface area contributed by atoms with Crippen LogP contribution in [0.15, 0.2) is 42.6 Å². The lowest BCUT2D eigenvalue weighted by Gasteiger charge is -2.21. The Labute approximate surface area is 115 Å². The van der Waals surface area contributed by atoms with Gasteiger partial charge in [-0.1, -0.05) is 11.6 Å². The molecule has 3 nitrogen and oxygen atoms in total. The minimum Gasteiger partial charge on any atom is -0.309 e. The molecule has 1 heterocycles. The number of anilines is 1. The average molecular weight is 279 g/mol. The lowest BCUT2D eigenvalue weighted by atomic mass is 10.2. The molecule has 0 radical (unpaired) electrons. The molecule has 0 unspecified atom stereocenters. The number of halogens is 2. The fourth-order valence-electron chi connectivity index (χ4n) is 1.76. The Morgan fingerprint density at radius 2 is 2.00 bits per heavy atom. The second-order valence-electron chi connectivity index (χ2n) is 3.87. The van der Waals surface area contributed by atoms with Gasteiger partial charge in [-0.15, -0.1) is 0 Å². The van der Waals surface area contributed by atoms with Gasteiger partial charge in [-0.05, 0) is 43.3 Å². The largest absolute Gasteiger partial charge is 0.309 e. The van der Waals surface area contributed by atoms with E-state index in [0.29, 0.717) is 17.8 Å².